The highest BCUT2D eigenvalue weighted by molar-refractivity contribution is 7.22. The zero-order valence-electron chi connectivity index (χ0n) is 18.5. The first-order valence-corrected chi connectivity index (χ1v) is 11.0. The molecular formula is C27H22O5S. The van der Waals surface area contributed by atoms with Crippen molar-refractivity contribution in [3.8, 4) is 21.9 Å². The van der Waals surface area contributed by atoms with Crippen LogP contribution in [0.3, 0.4) is 0 Å². The van der Waals surface area contributed by atoms with Crippen LogP contribution in [0.25, 0.3) is 26.6 Å². The van der Waals surface area contributed by atoms with E-state index in [1.807, 2.05) is 24.3 Å². The third kappa shape index (κ3) is 4.66. The molecule has 0 radical (unpaired) electrons. The number of hydrogen-bond acceptors (Lipinski definition) is 6. The molecule has 0 saturated heterocycles. The molecule has 0 saturated carbocycles. The minimum absolute atomic E-state index is 0.187. The lowest BCUT2D eigenvalue weighted by atomic mass is 10.0. The van der Waals surface area contributed by atoms with Crippen molar-refractivity contribution >= 4 is 39.3 Å². The lowest BCUT2D eigenvalue weighted by Crippen LogP contribution is -2.02. The van der Waals surface area contributed by atoms with Crippen molar-refractivity contribution in [2.24, 2.45) is 0 Å². The molecule has 0 fully saturated rings. The molecule has 0 N–H and O–H groups in total. The summed E-state index contributed by atoms with van der Waals surface area (Å²) < 4.78 is 17.0. The molecule has 0 unspecified atom stereocenters. The molecule has 0 amide bonds. The molecule has 0 aliphatic heterocycles. The van der Waals surface area contributed by atoms with Crippen molar-refractivity contribution < 1.29 is 23.8 Å². The number of ether oxygens (including phenoxy) is 3. The Balaban J connectivity index is 1.68. The highest BCUT2D eigenvalue weighted by Gasteiger charge is 2.15. The topological polar surface area (TPSA) is 61.8 Å². The number of allylic oxidation sites excluding steroid dienone is 1. The summed E-state index contributed by atoms with van der Waals surface area (Å²) in [5, 5.41) is 1.16. The number of hydrogen-bond donors (Lipinski definition) is 0. The molecule has 4 rings (SSSR count). The predicted octanol–water partition coefficient (Wildman–Crippen LogP) is 6.27. The number of carbonyl (C=O) groups is 2. The predicted molar refractivity (Wildman–Crippen MR) is 132 cm³/mol. The van der Waals surface area contributed by atoms with E-state index in [1.165, 1.54) is 17.9 Å². The molecule has 1 aromatic heterocycles. The van der Waals surface area contributed by atoms with Crippen LogP contribution in [0, 0.1) is 0 Å². The molecule has 33 heavy (non-hydrogen) atoms. The van der Waals surface area contributed by atoms with Gasteiger partial charge in [0.15, 0.2) is 5.78 Å². The largest absolute Gasteiger partial charge is 0.496 e. The second-order valence-corrected chi connectivity index (χ2v) is 8.29. The van der Waals surface area contributed by atoms with Crippen molar-refractivity contribution in [1.82, 2.24) is 0 Å². The fourth-order valence-corrected chi connectivity index (χ4v) is 4.59. The second kappa shape index (κ2) is 9.71. The highest BCUT2D eigenvalue weighted by Crippen LogP contribution is 2.41. The van der Waals surface area contributed by atoms with Gasteiger partial charge < -0.3 is 14.2 Å². The van der Waals surface area contributed by atoms with Crippen LogP contribution < -0.4 is 9.47 Å². The molecule has 6 heteroatoms. The number of esters is 1. The average molecular weight is 459 g/mol. The molecule has 166 valence electrons. The van der Waals surface area contributed by atoms with Crippen LogP contribution in [-0.2, 0) is 4.74 Å². The van der Waals surface area contributed by atoms with Gasteiger partial charge in [0, 0.05) is 32.3 Å². The van der Waals surface area contributed by atoms with E-state index in [9.17, 15) is 9.59 Å². The minimum Gasteiger partial charge on any atom is -0.496 e. The van der Waals surface area contributed by atoms with Gasteiger partial charge in [0.25, 0.3) is 0 Å². The number of fused-ring (bicyclic) bond motifs is 1. The van der Waals surface area contributed by atoms with Gasteiger partial charge in [-0.25, -0.2) is 4.79 Å². The molecule has 0 aliphatic rings. The van der Waals surface area contributed by atoms with Crippen molar-refractivity contribution in [1.29, 1.82) is 0 Å². The van der Waals surface area contributed by atoms with Gasteiger partial charge in [0.1, 0.15) is 11.5 Å². The monoisotopic (exact) mass is 458 g/mol. The maximum absolute atomic E-state index is 12.7. The Kier molecular flexibility index (Phi) is 6.56. The van der Waals surface area contributed by atoms with Crippen molar-refractivity contribution in [3.63, 3.8) is 0 Å². The van der Waals surface area contributed by atoms with E-state index in [1.54, 1.807) is 55.9 Å². The van der Waals surface area contributed by atoms with Gasteiger partial charge in [0.05, 0.1) is 26.9 Å². The highest BCUT2D eigenvalue weighted by atomic mass is 32.1. The Morgan fingerprint density at radius 1 is 0.818 bits per heavy atom. The van der Waals surface area contributed by atoms with Crippen LogP contribution in [0.4, 0.5) is 0 Å². The molecule has 1 heterocycles. The van der Waals surface area contributed by atoms with E-state index < -0.39 is 5.97 Å². The summed E-state index contributed by atoms with van der Waals surface area (Å²) in [6.07, 6.45) is 3.22. The number of thiophene rings is 1. The first kappa shape index (κ1) is 22.3. The van der Waals surface area contributed by atoms with E-state index >= 15 is 0 Å². The van der Waals surface area contributed by atoms with Gasteiger partial charge in [0.2, 0.25) is 0 Å². The van der Waals surface area contributed by atoms with Gasteiger partial charge in [-0.2, -0.15) is 0 Å². The van der Waals surface area contributed by atoms with E-state index in [4.69, 9.17) is 14.2 Å². The van der Waals surface area contributed by atoms with Crippen LogP contribution in [0.15, 0.2) is 72.8 Å². The first-order valence-electron chi connectivity index (χ1n) is 10.2. The Labute approximate surface area is 195 Å². The Hall–Kier alpha value is -3.90. The lowest BCUT2D eigenvalue weighted by Gasteiger charge is -2.12. The third-order valence-corrected chi connectivity index (χ3v) is 6.40. The smallest absolute Gasteiger partial charge is 0.337 e. The number of methoxy groups -OCH3 is 3. The third-order valence-electron chi connectivity index (χ3n) is 5.25. The first-order chi connectivity index (χ1) is 16.0. The zero-order chi connectivity index (χ0) is 23.4. The number of carbonyl (C=O) groups excluding carboxylic acids is 2. The Morgan fingerprint density at radius 3 is 2.18 bits per heavy atom. The van der Waals surface area contributed by atoms with Gasteiger partial charge in [-0.3, -0.25) is 4.79 Å². The summed E-state index contributed by atoms with van der Waals surface area (Å²) in [5.74, 6) is 0.663. The molecular weight excluding hydrogens is 436 g/mol. The van der Waals surface area contributed by atoms with Crippen LogP contribution in [0.2, 0.25) is 0 Å². The Bertz CT molecular complexity index is 1320. The zero-order valence-corrected chi connectivity index (χ0v) is 19.3. The fraction of sp³-hybridized carbons (Fsp3) is 0.111. The summed E-state index contributed by atoms with van der Waals surface area (Å²) in [6, 6.07) is 20.5. The number of rotatable bonds is 7. The summed E-state index contributed by atoms with van der Waals surface area (Å²) in [6.45, 7) is 0. The quantitative estimate of drug-likeness (QED) is 0.186. The minimum atomic E-state index is -0.443. The maximum Gasteiger partial charge on any atom is 0.337 e. The molecule has 4 aromatic rings. The van der Waals surface area contributed by atoms with Crippen LogP contribution in [0.5, 0.6) is 11.5 Å². The lowest BCUT2D eigenvalue weighted by molar-refractivity contribution is 0.0600. The summed E-state index contributed by atoms with van der Waals surface area (Å²) >= 11 is 1.68. The summed E-state index contributed by atoms with van der Waals surface area (Å²) in [5.41, 5.74) is 2.54. The van der Waals surface area contributed by atoms with Gasteiger partial charge in [-0.15, -0.1) is 11.3 Å². The van der Waals surface area contributed by atoms with Crippen molar-refractivity contribution in [3.05, 3.63) is 89.5 Å². The van der Waals surface area contributed by atoms with E-state index in [-0.39, 0.29) is 5.78 Å². The fourth-order valence-electron chi connectivity index (χ4n) is 3.51. The van der Waals surface area contributed by atoms with E-state index in [0.717, 1.165) is 21.4 Å². The molecule has 5 nitrogen and oxygen atoms in total. The normalized spacial score (nSPS) is 11.0. The summed E-state index contributed by atoms with van der Waals surface area (Å²) in [7, 11) is 4.53. The Morgan fingerprint density at radius 2 is 1.52 bits per heavy atom. The standard InChI is InChI=1S/C27H22O5S/c1-30-23-16-24(31-2)21(26-15-20-6-4-5-7-25(20)33-26)14-19(23)12-13-22(28)17-8-10-18(11-9-17)27(29)32-3/h4-16H,1-3H3/b13-12+. The molecule has 3 aromatic carbocycles. The van der Waals surface area contributed by atoms with Gasteiger partial charge >= 0.3 is 5.97 Å². The van der Waals surface area contributed by atoms with Gasteiger partial charge in [-0.05, 0) is 47.9 Å². The van der Waals surface area contributed by atoms with Crippen LogP contribution in [-0.4, -0.2) is 33.1 Å². The molecule has 0 aliphatic carbocycles. The maximum atomic E-state index is 12.7. The molecule has 0 bridgehead atoms. The van der Waals surface area contributed by atoms with Crippen LogP contribution in [0.1, 0.15) is 26.3 Å². The van der Waals surface area contributed by atoms with E-state index in [0.29, 0.717) is 22.6 Å². The second-order valence-electron chi connectivity index (χ2n) is 7.21. The average Bonchev–Trinajstić information content (AvgIpc) is 3.30. The van der Waals surface area contributed by atoms with E-state index in [2.05, 4.69) is 18.2 Å². The molecule has 0 spiro atoms. The van der Waals surface area contributed by atoms with Crippen LogP contribution >= 0.6 is 11.3 Å². The number of ketones is 1. The molecule has 0 atom stereocenters. The van der Waals surface area contributed by atoms with Crippen molar-refractivity contribution in [2.75, 3.05) is 21.3 Å². The summed E-state index contributed by atoms with van der Waals surface area (Å²) in [4.78, 5) is 25.4. The SMILES string of the molecule is COC(=O)c1ccc(C(=O)/C=C/c2cc(-c3cc4ccccc4s3)c(OC)cc2OC)cc1. The van der Waals surface area contributed by atoms with Gasteiger partial charge in [-0.1, -0.05) is 30.3 Å². The van der Waals surface area contributed by atoms with Crippen molar-refractivity contribution in [2.45, 2.75) is 0 Å². The number of benzene rings is 3.